The van der Waals surface area contributed by atoms with Crippen molar-refractivity contribution in [3.63, 3.8) is 0 Å². The van der Waals surface area contributed by atoms with E-state index in [2.05, 4.69) is 10.2 Å². The van der Waals surface area contributed by atoms with Crippen LogP contribution in [-0.2, 0) is 24.8 Å². The van der Waals surface area contributed by atoms with Crippen LogP contribution in [0.25, 0.3) is 0 Å². The molecule has 0 bridgehead atoms. The molecule has 1 aliphatic carbocycles. The van der Waals surface area contributed by atoms with Crippen LogP contribution < -0.4 is 5.32 Å². The van der Waals surface area contributed by atoms with Gasteiger partial charge in [0.1, 0.15) is 5.82 Å². The van der Waals surface area contributed by atoms with Crippen LogP contribution in [-0.4, -0.2) is 82.1 Å². The highest BCUT2D eigenvalue weighted by Gasteiger charge is 2.34. The summed E-state index contributed by atoms with van der Waals surface area (Å²) in [5.74, 6) is -1.08. The maximum Gasteiger partial charge on any atom is 0.243 e. The van der Waals surface area contributed by atoms with Crippen molar-refractivity contribution in [3.05, 3.63) is 54.3 Å². The summed E-state index contributed by atoms with van der Waals surface area (Å²) in [7, 11) is -5.72. The topological polar surface area (TPSA) is 107 Å². The summed E-state index contributed by atoms with van der Waals surface area (Å²) in [5, 5.41) is 2.69. The van der Waals surface area contributed by atoms with Crippen LogP contribution in [0.1, 0.15) is 32.1 Å². The highest BCUT2D eigenvalue weighted by molar-refractivity contribution is 7.89. The molecule has 2 aromatic rings. The van der Waals surface area contributed by atoms with Crippen LogP contribution in [0.2, 0.25) is 0 Å². The smallest absolute Gasteiger partial charge is 0.243 e. The Bertz CT molecular complexity index is 1290. The summed E-state index contributed by atoms with van der Waals surface area (Å²) in [6, 6.07) is 10.1. The molecule has 1 heterocycles. The van der Waals surface area contributed by atoms with E-state index in [9.17, 15) is 26.0 Å². The van der Waals surface area contributed by atoms with Crippen LogP contribution in [0.5, 0.6) is 0 Å². The second kappa shape index (κ2) is 11.6. The Morgan fingerprint density at radius 1 is 0.892 bits per heavy atom. The summed E-state index contributed by atoms with van der Waals surface area (Å²) in [6.45, 7) is 1.75. The highest BCUT2D eigenvalue weighted by Crippen LogP contribution is 2.28. The maximum absolute atomic E-state index is 13.4. The van der Waals surface area contributed by atoms with Gasteiger partial charge < -0.3 is 10.2 Å². The number of rotatable bonds is 8. The highest BCUT2D eigenvalue weighted by atomic mass is 32.2. The third kappa shape index (κ3) is 6.55. The summed E-state index contributed by atoms with van der Waals surface area (Å²) < 4.78 is 68.7. The molecule has 202 valence electrons. The number of anilines is 1. The molecule has 1 amide bonds. The third-order valence-electron chi connectivity index (χ3n) is 6.94. The Balaban J connectivity index is 1.47. The Hall–Kier alpha value is -2.38. The van der Waals surface area contributed by atoms with Gasteiger partial charge in [-0.05, 0) is 68.4 Å². The van der Waals surface area contributed by atoms with Gasteiger partial charge in [0.25, 0.3) is 0 Å². The van der Waals surface area contributed by atoms with E-state index in [1.165, 1.54) is 45.0 Å². The molecule has 0 spiro atoms. The van der Waals surface area contributed by atoms with Gasteiger partial charge in [-0.3, -0.25) is 4.79 Å². The van der Waals surface area contributed by atoms with Crippen LogP contribution in [0.3, 0.4) is 0 Å². The molecule has 12 heteroatoms. The number of hydrogen-bond acceptors (Lipinski definition) is 6. The minimum atomic E-state index is -4.03. The molecule has 4 rings (SSSR count). The molecule has 2 fully saturated rings. The van der Waals surface area contributed by atoms with Crippen LogP contribution in [0.4, 0.5) is 10.1 Å². The van der Waals surface area contributed by atoms with Crippen LogP contribution in [0.15, 0.2) is 58.3 Å². The Morgan fingerprint density at radius 3 is 2.05 bits per heavy atom. The van der Waals surface area contributed by atoms with E-state index in [0.29, 0.717) is 44.7 Å². The molecule has 1 N–H and O–H groups in total. The maximum atomic E-state index is 13.4. The molecule has 2 aliphatic rings. The number of halogens is 1. The van der Waals surface area contributed by atoms with E-state index in [-0.39, 0.29) is 15.8 Å². The lowest BCUT2D eigenvalue weighted by Crippen LogP contribution is -2.47. The van der Waals surface area contributed by atoms with Gasteiger partial charge in [0.15, 0.2) is 0 Å². The monoisotopic (exact) mass is 552 g/mol. The predicted molar refractivity (Wildman–Crippen MR) is 138 cm³/mol. The van der Waals surface area contributed by atoms with Gasteiger partial charge >= 0.3 is 0 Å². The molecule has 2 aromatic carbocycles. The molecule has 1 saturated carbocycles. The van der Waals surface area contributed by atoms with Crippen molar-refractivity contribution in [3.8, 4) is 0 Å². The normalized spacial score (nSPS) is 18.7. The van der Waals surface area contributed by atoms with E-state index >= 15 is 0 Å². The van der Waals surface area contributed by atoms with Crippen molar-refractivity contribution >= 4 is 31.6 Å². The first-order chi connectivity index (χ1) is 17.6. The first-order valence-electron chi connectivity index (χ1n) is 12.4. The van der Waals surface area contributed by atoms with Gasteiger partial charge in [-0.1, -0.05) is 19.3 Å². The zero-order valence-corrected chi connectivity index (χ0v) is 22.5. The Kier molecular flexibility index (Phi) is 8.64. The van der Waals surface area contributed by atoms with Gasteiger partial charge in [-0.25, -0.2) is 21.2 Å². The van der Waals surface area contributed by atoms with Gasteiger partial charge in [0, 0.05) is 37.9 Å². The number of carbonyl (C=O) groups excluding carboxylic acids is 1. The molecule has 1 aliphatic heterocycles. The van der Waals surface area contributed by atoms with Crippen LogP contribution in [0, 0.1) is 5.82 Å². The second-order valence-electron chi connectivity index (χ2n) is 9.58. The molecule has 9 nitrogen and oxygen atoms in total. The lowest BCUT2D eigenvalue weighted by molar-refractivity contribution is -0.116. The van der Waals surface area contributed by atoms with E-state index in [0.717, 1.165) is 31.4 Å². The zero-order chi connectivity index (χ0) is 26.6. The van der Waals surface area contributed by atoms with E-state index in [4.69, 9.17) is 0 Å². The molecule has 37 heavy (non-hydrogen) atoms. The lowest BCUT2D eigenvalue weighted by Gasteiger charge is -2.33. The molecule has 0 atom stereocenters. The SMILES string of the molecule is CN1CCN(S(=O)(=O)c2ccc(NC(=O)CN(C3CCCCC3)S(=O)(=O)c3ccc(F)cc3)cc2)CC1. The number of piperazine rings is 1. The lowest BCUT2D eigenvalue weighted by atomic mass is 9.95. The largest absolute Gasteiger partial charge is 0.325 e. The van der Waals surface area contributed by atoms with Crippen LogP contribution >= 0.6 is 0 Å². The number of sulfonamides is 2. The summed E-state index contributed by atoms with van der Waals surface area (Å²) in [4.78, 5) is 15.1. The molecular formula is C25H33FN4O5S2. The first kappa shape index (κ1) is 27.6. The van der Waals surface area contributed by atoms with E-state index < -0.39 is 38.3 Å². The van der Waals surface area contributed by atoms with Crippen molar-refractivity contribution in [2.75, 3.05) is 45.1 Å². The van der Waals surface area contributed by atoms with Crippen molar-refractivity contribution in [2.24, 2.45) is 0 Å². The van der Waals surface area contributed by atoms with Crippen molar-refractivity contribution in [1.29, 1.82) is 0 Å². The predicted octanol–water partition coefficient (Wildman–Crippen LogP) is 2.72. The third-order valence-corrected chi connectivity index (χ3v) is 10.8. The molecular weight excluding hydrogens is 519 g/mol. The zero-order valence-electron chi connectivity index (χ0n) is 20.8. The van der Waals surface area contributed by atoms with Crippen molar-refractivity contribution < 1.29 is 26.0 Å². The summed E-state index contributed by atoms with van der Waals surface area (Å²) in [5.41, 5.74) is 0.366. The average Bonchev–Trinajstić information content (AvgIpc) is 2.88. The minimum Gasteiger partial charge on any atom is -0.325 e. The van der Waals surface area contributed by atoms with E-state index in [1.54, 1.807) is 0 Å². The number of nitrogens with one attached hydrogen (secondary N) is 1. The molecule has 0 aromatic heterocycles. The average molecular weight is 553 g/mol. The minimum absolute atomic E-state index is 0.0641. The number of hydrogen-bond donors (Lipinski definition) is 1. The quantitative estimate of drug-likeness (QED) is 0.540. The second-order valence-corrected chi connectivity index (χ2v) is 13.4. The van der Waals surface area contributed by atoms with Gasteiger partial charge in [-0.15, -0.1) is 0 Å². The standard InChI is InChI=1S/C25H33FN4O5S2/c1-28-15-17-29(18-16-28)36(32,33)23-13-9-21(10-14-23)27-25(31)19-30(22-5-3-2-4-6-22)37(34,35)24-11-7-20(26)8-12-24/h7-14,22H,2-6,15-19H2,1H3,(H,27,31). The fourth-order valence-corrected chi connectivity index (χ4v) is 7.81. The summed E-state index contributed by atoms with van der Waals surface area (Å²) in [6.07, 6.45) is 4.03. The molecule has 0 radical (unpaired) electrons. The van der Waals surface area contributed by atoms with Crippen molar-refractivity contribution in [2.45, 2.75) is 47.9 Å². The molecule has 0 unspecified atom stereocenters. The first-order valence-corrected chi connectivity index (χ1v) is 15.3. The fourth-order valence-electron chi connectivity index (χ4n) is 4.75. The van der Waals surface area contributed by atoms with Crippen molar-refractivity contribution in [1.82, 2.24) is 13.5 Å². The number of benzene rings is 2. The van der Waals surface area contributed by atoms with Gasteiger partial charge in [0.05, 0.1) is 16.3 Å². The number of likely N-dealkylation sites (N-methyl/N-ethyl adjacent to an activating group) is 1. The Labute approximate surface area is 218 Å². The number of nitrogens with zero attached hydrogens (tertiary/aromatic N) is 3. The van der Waals surface area contributed by atoms with Gasteiger partial charge in [-0.2, -0.15) is 8.61 Å². The van der Waals surface area contributed by atoms with E-state index in [1.807, 2.05) is 7.05 Å². The fraction of sp³-hybridized carbons (Fsp3) is 0.480. The number of amides is 1. The summed E-state index contributed by atoms with van der Waals surface area (Å²) >= 11 is 0. The molecule has 1 saturated heterocycles. The van der Waals surface area contributed by atoms with Gasteiger partial charge in [0.2, 0.25) is 26.0 Å². The number of carbonyl (C=O) groups is 1. The Morgan fingerprint density at radius 2 is 1.46 bits per heavy atom.